The zero-order valence-corrected chi connectivity index (χ0v) is 12.0. The highest BCUT2D eigenvalue weighted by Gasteiger charge is 2.16. The van der Waals surface area contributed by atoms with Gasteiger partial charge >= 0.3 is 0 Å². The first-order chi connectivity index (χ1) is 8.93. The van der Waals surface area contributed by atoms with E-state index in [9.17, 15) is 9.18 Å². The van der Waals surface area contributed by atoms with Crippen molar-refractivity contribution in [2.45, 2.75) is 52.7 Å². The van der Waals surface area contributed by atoms with Crippen molar-refractivity contribution >= 4 is 5.91 Å². The molecular formula is C15H22FNO2. The normalized spacial score (nSPS) is 13.7. The van der Waals surface area contributed by atoms with Crippen LogP contribution in [0.15, 0.2) is 18.2 Å². The standard InChI is InChI=1S/C15H22FNO2/c1-5-6-11(3)17-15(18)12(4)19-13-8-7-10(2)14(16)9-13/h7-9,11-12H,5-6H2,1-4H3,(H,17,18). The summed E-state index contributed by atoms with van der Waals surface area (Å²) in [5.41, 5.74) is 0.557. The average molecular weight is 267 g/mol. The molecule has 2 unspecified atom stereocenters. The van der Waals surface area contributed by atoms with Crippen LogP contribution in [0.1, 0.15) is 39.2 Å². The summed E-state index contributed by atoms with van der Waals surface area (Å²) in [5.74, 6) is -0.139. The van der Waals surface area contributed by atoms with Crippen LogP contribution in [0, 0.1) is 12.7 Å². The molecule has 0 aliphatic rings. The number of nitrogens with one attached hydrogen (secondary N) is 1. The molecule has 2 atom stereocenters. The van der Waals surface area contributed by atoms with E-state index < -0.39 is 6.10 Å². The minimum Gasteiger partial charge on any atom is -0.481 e. The minimum absolute atomic E-state index is 0.123. The van der Waals surface area contributed by atoms with Gasteiger partial charge in [-0.15, -0.1) is 0 Å². The Morgan fingerprint density at radius 3 is 2.68 bits per heavy atom. The third-order valence-corrected chi connectivity index (χ3v) is 2.94. The van der Waals surface area contributed by atoms with Gasteiger partial charge in [-0.1, -0.05) is 19.4 Å². The van der Waals surface area contributed by atoms with Crippen LogP contribution in [0.25, 0.3) is 0 Å². The van der Waals surface area contributed by atoms with Crippen LogP contribution in [0.3, 0.4) is 0 Å². The number of halogens is 1. The lowest BCUT2D eigenvalue weighted by atomic mass is 10.2. The Bertz CT molecular complexity index is 434. The van der Waals surface area contributed by atoms with Gasteiger partial charge in [-0.2, -0.15) is 0 Å². The summed E-state index contributed by atoms with van der Waals surface area (Å²) in [6.45, 7) is 7.37. The quantitative estimate of drug-likeness (QED) is 0.859. The molecule has 19 heavy (non-hydrogen) atoms. The van der Waals surface area contributed by atoms with Crippen LogP contribution < -0.4 is 10.1 Å². The van der Waals surface area contributed by atoms with Gasteiger partial charge in [-0.25, -0.2) is 4.39 Å². The van der Waals surface area contributed by atoms with Crippen molar-refractivity contribution < 1.29 is 13.9 Å². The number of carbonyl (C=O) groups excluding carboxylic acids is 1. The van der Waals surface area contributed by atoms with Crippen molar-refractivity contribution in [3.05, 3.63) is 29.6 Å². The van der Waals surface area contributed by atoms with Gasteiger partial charge in [0, 0.05) is 12.1 Å². The first-order valence-corrected chi connectivity index (χ1v) is 6.67. The molecule has 0 aromatic heterocycles. The van der Waals surface area contributed by atoms with E-state index >= 15 is 0 Å². The predicted molar refractivity (Wildman–Crippen MR) is 73.7 cm³/mol. The number of rotatable bonds is 6. The molecule has 1 aromatic carbocycles. The van der Waals surface area contributed by atoms with Gasteiger partial charge in [0.05, 0.1) is 0 Å². The van der Waals surface area contributed by atoms with E-state index in [0.717, 1.165) is 12.8 Å². The Balaban J connectivity index is 2.56. The van der Waals surface area contributed by atoms with Gasteiger partial charge in [-0.3, -0.25) is 4.79 Å². The van der Waals surface area contributed by atoms with Crippen molar-refractivity contribution in [2.75, 3.05) is 0 Å². The number of ether oxygens (including phenoxy) is 1. The summed E-state index contributed by atoms with van der Waals surface area (Å²) in [5, 5.41) is 2.87. The Kier molecular flexibility index (Phi) is 5.80. The molecule has 0 heterocycles. The maximum absolute atomic E-state index is 13.4. The van der Waals surface area contributed by atoms with Gasteiger partial charge in [0.25, 0.3) is 5.91 Å². The third kappa shape index (κ3) is 4.89. The molecule has 4 heteroatoms. The molecule has 3 nitrogen and oxygen atoms in total. The molecule has 0 spiro atoms. The zero-order chi connectivity index (χ0) is 14.4. The number of hydrogen-bond donors (Lipinski definition) is 1. The molecule has 0 radical (unpaired) electrons. The van der Waals surface area contributed by atoms with Crippen molar-refractivity contribution in [2.24, 2.45) is 0 Å². The van der Waals surface area contributed by atoms with Crippen LogP contribution in [0.2, 0.25) is 0 Å². The molecule has 0 aliphatic carbocycles. The zero-order valence-electron chi connectivity index (χ0n) is 12.0. The first kappa shape index (κ1) is 15.5. The van der Waals surface area contributed by atoms with E-state index in [4.69, 9.17) is 4.74 Å². The van der Waals surface area contributed by atoms with Gasteiger partial charge in [0.2, 0.25) is 0 Å². The van der Waals surface area contributed by atoms with Crippen LogP contribution in [-0.2, 0) is 4.79 Å². The summed E-state index contributed by atoms with van der Waals surface area (Å²) in [7, 11) is 0. The van der Waals surface area contributed by atoms with Crippen molar-refractivity contribution in [1.29, 1.82) is 0 Å². The Morgan fingerprint density at radius 2 is 2.11 bits per heavy atom. The Labute approximate surface area is 114 Å². The van der Waals surface area contributed by atoms with Crippen LogP contribution in [0.4, 0.5) is 4.39 Å². The summed E-state index contributed by atoms with van der Waals surface area (Å²) in [4.78, 5) is 11.9. The van der Waals surface area contributed by atoms with Crippen molar-refractivity contribution in [1.82, 2.24) is 5.32 Å². The lowest BCUT2D eigenvalue weighted by Gasteiger charge is -2.18. The molecule has 0 saturated carbocycles. The molecular weight excluding hydrogens is 245 g/mol. The van der Waals surface area contributed by atoms with Gasteiger partial charge in [-0.05, 0) is 38.8 Å². The second-order valence-electron chi connectivity index (χ2n) is 4.87. The second kappa shape index (κ2) is 7.12. The van der Waals surface area contributed by atoms with Crippen LogP contribution in [-0.4, -0.2) is 18.1 Å². The highest BCUT2D eigenvalue weighted by molar-refractivity contribution is 5.80. The second-order valence-corrected chi connectivity index (χ2v) is 4.87. The van der Waals surface area contributed by atoms with Gasteiger partial charge in [0.15, 0.2) is 6.10 Å². The topological polar surface area (TPSA) is 38.3 Å². The molecule has 1 rings (SSSR count). The fourth-order valence-electron chi connectivity index (χ4n) is 1.77. The Morgan fingerprint density at radius 1 is 1.42 bits per heavy atom. The summed E-state index contributed by atoms with van der Waals surface area (Å²) >= 11 is 0. The number of carbonyl (C=O) groups is 1. The van der Waals surface area contributed by atoms with E-state index in [1.54, 1.807) is 26.0 Å². The third-order valence-electron chi connectivity index (χ3n) is 2.94. The molecule has 0 fully saturated rings. The molecule has 0 bridgehead atoms. The summed E-state index contributed by atoms with van der Waals surface area (Å²) < 4.78 is 18.8. The van der Waals surface area contributed by atoms with E-state index in [0.29, 0.717) is 11.3 Å². The fourth-order valence-corrected chi connectivity index (χ4v) is 1.77. The highest BCUT2D eigenvalue weighted by Crippen LogP contribution is 2.17. The molecule has 106 valence electrons. The van der Waals surface area contributed by atoms with Crippen molar-refractivity contribution in [3.63, 3.8) is 0 Å². The molecule has 1 amide bonds. The smallest absolute Gasteiger partial charge is 0.260 e. The number of aryl methyl sites for hydroxylation is 1. The predicted octanol–water partition coefficient (Wildman–Crippen LogP) is 3.21. The SMILES string of the molecule is CCCC(C)NC(=O)C(C)Oc1ccc(C)c(F)c1. The van der Waals surface area contributed by atoms with E-state index in [1.807, 2.05) is 6.92 Å². The van der Waals surface area contributed by atoms with Crippen LogP contribution >= 0.6 is 0 Å². The lowest BCUT2D eigenvalue weighted by molar-refractivity contribution is -0.127. The number of benzene rings is 1. The molecule has 1 N–H and O–H groups in total. The summed E-state index contributed by atoms with van der Waals surface area (Å²) in [6, 6.07) is 4.72. The maximum atomic E-state index is 13.4. The summed E-state index contributed by atoms with van der Waals surface area (Å²) in [6.07, 6.45) is 1.30. The monoisotopic (exact) mass is 267 g/mol. The van der Waals surface area contributed by atoms with Gasteiger partial charge < -0.3 is 10.1 Å². The Hall–Kier alpha value is -1.58. The maximum Gasteiger partial charge on any atom is 0.260 e. The lowest BCUT2D eigenvalue weighted by Crippen LogP contribution is -2.41. The van der Waals surface area contributed by atoms with E-state index in [2.05, 4.69) is 12.2 Å². The van der Waals surface area contributed by atoms with E-state index in [-0.39, 0.29) is 17.8 Å². The molecule has 0 saturated heterocycles. The van der Waals surface area contributed by atoms with Crippen LogP contribution in [0.5, 0.6) is 5.75 Å². The number of hydrogen-bond acceptors (Lipinski definition) is 2. The molecule has 0 aliphatic heterocycles. The first-order valence-electron chi connectivity index (χ1n) is 6.67. The minimum atomic E-state index is -0.638. The number of amides is 1. The van der Waals surface area contributed by atoms with E-state index in [1.165, 1.54) is 6.07 Å². The van der Waals surface area contributed by atoms with Gasteiger partial charge in [0.1, 0.15) is 11.6 Å². The largest absolute Gasteiger partial charge is 0.481 e. The van der Waals surface area contributed by atoms with Crippen molar-refractivity contribution in [3.8, 4) is 5.75 Å². The highest BCUT2D eigenvalue weighted by atomic mass is 19.1. The fraction of sp³-hybridized carbons (Fsp3) is 0.533. The molecule has 1 aromatic rings. The average Bonchev–Trinajstić information content (AvgIpc) is 2.34.